The summed E-state index contributed by atoms with van der Waals surface area (Å²) < 4.78 is 24.8. The second kappa shape index (κ2) is 6.46. The Morgan fingerprint density at radius 1 is 1.33 bits per heavy atom. The molecule has 0 amide bonds. The van der Waals surface area contributed by atoms with Gasteiger partial charge in [0, 0.05) is 13.1 Å². The minimum atomic E-state index is -3.12. The molecule has 0 saturated carbocycles. The van der Waals surface area contributed by atoms with Crippen LogP contribution in [0.4, 0.5) is 0 Å². The van der Waals surface area contributed by atoms with Gasteiger partial charge in [-0.1, -0.05) is 18.2 Å². The van der Waals surface area contributed by atoms with Gasteiger partial charge in [0.25, 0.3) is 0 Å². The van der Waals surface area contributed by atoms with Gasteiger partial charge < -0.3 is 5.11 Å². The number of benzene rings is 1. The van der Waals surface area contributed by atoms with Gasteiger partial charge in [-0.2, -0.15) is 0 Å². The Labute approximate surface area is 127 Å². The molecular weight excluding hydrogens is 286 g/mol. The molecule has 1 aromatic carbocycles. The summed E-state index contributed by atoms with van der Waals surface area (Å²) in [6, 6.07) is 6.01. The van der Waals surface area contributed by atoms with Crippen molar-refractivity contribution in [1.82, 2.24) is 4.31 Å². The van der Waals surface area contributed by atoms with Crippen molar-refractivity contribution in [3.8, 4) is 0 Å². The molecule has 0 bridgehead atoms. The van der Waals surface area contributed by atoms with Crippen LogP contribution in [-0.2, 0) is 10.0 Å². The average Bonchev–Trinajstić information content (AvgIpc) is 2.41. The summed E-state index contributed by atoms with van der Waals surface area (Å²) in [4.78, 5) is 0. The van der Waals surface area contributed by atoms with Gasteiger partial charge in [0.2, 0.25) is 10.0 Å². The summed E-state index contributed by atoms with van der Waals surface area (Å²) in [5.41, 5.74) is 3.31. The van der Waals surface area contributed by atoms with E-state index in [4.69, 9.17) is 0 Å². The Hall–Kier alpha value is -0.910. The number of aliphatic hydroxyl groups is 1. The second-order valence-electron chi connectivity index (χ2n) is 6.22. The number of hydrogen-bond acceptors (Lipinski definition) is 3. The largest absolute Gasteiger partial charge is 0.388 e. The van der Waals surface area contributed by atoms with E-state index >= 15 is 0 Å². The first-order valence-electron chi connectivity index (χ1n) is 7.47. The van der Waals surface area contributed by atoms with Crippen LogP contribution in [0.5, 0.6) is 0 Å². The summed E-state index contributed by atoms with van der Waals surface area (Å²) in [6.45, 7) is 5.23. The number of sulfonamides is 1. The van der Waals surface area contributed by atoms with Crippen LogP contribution in [0.25, 0.3) is 0 Å². The van der Waals surface area contributed by atoms with Crippen LogP contribution in [0.3, 0.4) is 0 Å². The molecule has 1 heterocycles. The third-order valence-electron chi connectivity index (χ3n) is 4.42. The first-order valence-corrected chi connectivity index (χ1v) is 9.32. The first kappa shape index (κ1) is 16.5. The summed E-state index contributed by atoms with van der Waals surface area (Å²) in [5.74, 6) is 0.227. The van der Waals surface area contributed by atoms with E-state index in [-0.39, 0.29) is 5.92 Å². The number of hydrogen-bond donors (Lipinski definition) is 1. The Kier molecular flexibility index (Phi) is 5.07. The number of aliphatic hydroxyl groups excluding tert-OH is 1. The number of piperidine rings is 1. The zero-order valence-electron chi connectivity index (χ0n) is 13.0. The van der Waals surface area contributed by atoms with Crippen LogP contribution >= 0.6 is 0 Å². The standard InChI is InChI=1S/C16H25NO3S/c1-12-6-7-15(9-13(12)2)16(18)10-14-5-4-8-17(11-14)21(3,19)20/h6-7,9,14,16,18H,4-5,8,10-11H2,1-3H3. The number of rotatable bonds is 4. The molecule has 1 N–H and O–H groups in total. The summed E-state index contributed by atoms with van der Waals surface area (Å²) in [5, 5.41) is 10.4. The maximum atomic E-state index is 11.6. The summed E-state index contributed by atoms with van der Waals surface area (Å²) in [7, 11) is -3.12. The highest BCUT2D eigenvalue weighted by Gasteiger charge is 2.27. The third-order valence-corrected chi connectivity index (χ3v) is 5.69. The van der Waals surface area contributed by atoms with Crippen LogP contribution in [-0.4, -0.2) is 37.2 Å². The fraction of sp³-hybridized carbons (Fsp3) is 0.625. The summed E-state index contributed by atoms with van der Waals surface area (Å²) >= 11 is 0. The van der Waals surface area contributed by atoms with Crippen LogP contribution in [0.1, 0.15) is 42.1 Å². The van der Waals surface area contributed by atoms with Gasteiger partial charge in [0.1, 0.15) is 0 Å². The number of aryl methyl sites for hydroxylation is 2. The van der Waals surface area contributed by atoms with Crippen molar-refractivity contribution in [3.63, 3.8) is 0 Å². The molecule has 2 unspecified atom stereocenters. The minimum absolute atomic E-state index is 0.227. The molecule has 2 rings (SSSR count). The number of nitrogens with zero attached hydrogens (tertiary/aromatic N) is 1. The van der Waals surface area contributed by atoms with E-state index in [0.29, 0.717) is 19.5 Å². The predicted molar refractivity (Wildman–Crippen MR) is 84.6 cm³/mol. The lowest BCUT2D eigenvalue weighted by Crippen LogP contribution is -2.39. The minimum Gasteiger partial charge on any atom is -0.388 e. The average molecular weight is 311 g/mol. The topological polar surface area (TPSA) is 57.6 Å². The zero-order chi connectivity index (χ0) is 15.6. The van der Waals surface area contributed by atoms with Crippen LogP contribution in [0.15, 0.2) is 18.2 Å². The molecule has 0 aromatic heterocycles. The van der Waals surface area contributed by atoms with Gasteiger partial charge >= 0.3 is 0 Å². The molecule has 1 aromatic rings. The molecule has 4 nitrogen and oxygen atoms in total. The molecule has 1 fully saturated rings. The second-order valence-corrected chi connectivity index (χ2v) is 8.21. The van der Waals surface area contributed by atoms with Crippen LogP contribution < -0.4 is 0 Å². The van der Waals surface area contributed by atoms with Crippen molar-refractivity contribution in [2.45, 2.75) is 39.2 Å². The monoisotopic (exact) mass is 311 g/mol. The Morgan fingerprint density at radius 3 is 2.67 bits per heavy atom. The molecule has 118 valence electrons. The van der Waals surface area contributed by atoms with E-state index in [1.165, 1.54) is 21.7 Å². The highest BCUT2D eigenvalue weighted by molar-refractivity contribution is 7.88. The lowest BCUT2D eigenvalue weighted by Gasteiger charge is -2.32. The maximum absolute atomic E-state index is 11.6. The van der Waals surface area contributed by atoms with Gasteiger partial charge in [0.15, 0.2) is 0 Å². The Balaban J connectivity index is 2.02. The molecule has 5 heteroatoms. The van der Waals surface area contributed by atoms with E-state index < -0.39 is 16.1 Å². The smallest absolute Gasteiger partial charge is 0.211 e. The van der Waals surface area contributed by atoms with E-state index in [9.17, 15) is 13.5 Å². The maximum Gasteiger partial charge on any atom is 0.211 e. The molecule has 0 radical (unpaired) electrons. The fourth-order valence-electron chi connectivity index (χ4n) is 2.94. The predicted octanol–water partition coefficient (Wildman–Crippen LogP) is 2.40. The van der Waals surface area contributed by atoms with Crippen molar-refractivity contribution in [2.75, 3.05) is 19.3 Å². The zero-order valence-corrected chi connectivity index (χ0v) is 13.9. The van der Waals surface area contributed by atoms with Gasteiger partial charge in [0.05, 0.1) is 12.4 Å². The normalized spacial score (nSPS) is 22.2. The van der Waals surface area contributed by atoms with Crippen molar-refractivity contribution in [2.24, 2.45) is 5.92 Å². The highest BCUT2D eigenvalue weighted by atomic mass is 32.2. The van der Waals surface area contributed by atoms with Gasteiger partial charge in [-0.3, -0.25) is 0 Å². The van der Waals surface area contributed by atoms with Crippen LogP contribution in [0, 0.1) is 19.8 Å². The lowest BCUT2D eigenvalue weighted by atomic mass is 9.90. The molecule has 2 atom stereocenters. The fourth-order valence-corrected chi connectivity index (χ4v) is 3.89. The molecule has 0 aliphatic carbocycles. The van der Waals surface area contributed by atoms with Crippen molar-refractivity contribution < 1.29 is 13.5 Å². The van der Waals surface area contributed by atoms with Crippen molar-refractivity contribution in [1.29, 1.82) is 0 Å². The quantitative estimate of drug-likeness (QED) is 0.929. The van der Waals surface area contributed by atoms with E-state index in [1.807, 2.05) is 25.1 Å². The lowest BCUT2D eigenvalue weighted by molar-refractivity contribution is 0.123. The van der Waals surface area contributed by atoms with Gasteiger partial charge in [-0.25, -0.2) is 12.7 Å². The molecule has 1 aliphatic heterocycles. The molecule has 1 saturated heterocycles. The molecule has 21 heavy (non-hydrogen) atoms. The SMILES string of the molecule is Cc1ccc(C(O)CC2CCCN(S(C)(=O)=O)C2)cc1C. The molecule has 1 aliphatic rings. The first-order chi connectivity index (χ1) is 9.77. The molecular formula is C16H25NO3S. The Bertz CT molecular complexity index is 598. The third kappa shape index (κ3) is 4.28. The highest BCUT2D eigenvalue weighted by Crippen LogP contribution is 2.29. The summed E-state index contributed by atoms with van der Waals surface area (Å²) in [6.07, 6.45) is 3.21. The van der Waals surface area contributed by atoms with E-state index in [1.54, 1.807) is 0 Å². The van der Waals surface area contributed by atoms with Crippen LogP contribution in [0.2, 0.25) is 0 Å². The van der Waals surface area contributed by atoms with Gasteiger partial charge in [-0.15, -0.1) is 0 Å². The van der Waals surface area contributed by atoms with Crippen molar-refractivity contribution >= 4 is 10.0 Å². The Morgan fingerprint density at radius 2 is 2.05 bits per heavy atom. The van der Waals surface area contributed by atoms with Crippen molar-refractivity contribution in [3.05, 3.63) is 34.9 Å². The van der Waals surface area contributed by atoms with Gasteiger partial charge in [-0.05, 0) is 55.7 Å². The van der Waals surface area contributed by atoms with E-state index in [0.717, 1.165) is 18.4 Å². The molecule has 0 spiro atoms. The van der Waals surface area contributed by atoms with E-state index in [2.05, 4.69) is 6.92 Å².